The van der Waals surface area contributed by atoms with E-state index in [1.165, 1.54) is 5.56 Å². The molecule has 0 fully saturated rings. The smallest absolute Gasteiger partial charge is 0.335 e. The highest BCUT2D eigenvalue weighted by Gasteiger charge is 2.25. The number of esters is 1. The van der Waals surface area contributed by atoms with Crippen molar-refractivity contribution >= 4 is 28.4 Å². The number of carboxylic acids is 1. The zero-order valence-electron chi connectivity index (χ0n) is 21.6. The number of hydrogen-bond donors (Lipinski definition) is 1. The van der Waals surface area contributed by atoms with Gasteiger partial charge in [0.1, 0.15) is 5.75 Å². The van der Waals surface area contributed by atoms with Crippen LogP contribution in [0.25, 0.3) is 16.5 Å². The van der Waals surface area contributed by atoms with Crippen molar-refractivity contribution in [3.05, 3.63) is 107 Å². The summed E-state index contributed by atoms with van der Waals surface area (Å²) in [5.74, 6) is -0.398. The third-order valence-electron chi connectivity index (χ3n) is 7.17. The van der Waals surface area contributed by atoms with E-state index in [2.05, 4.69) is 22.9 Å². The van der Waals surface area contributed by atoms with Gasteiger partial charge in [-0.1, -0.05) is 54.6 Å². The Labute approximate surface area is 222 Å². The van der Waals surface area contributed by atoms with Gasteiger partial charge in [-0.2, -0.15) is 0 Å². The number of carbonyl (C=O) groups excluding carboxylic acids is 1. The van der Waals surface area contributed by atoms with Crippen molar-refractivity contribution in [2.75, 3.05) is 13.7 Å². The van der Waals surface area contributed by atoms with Crippen molar-refractivity contribution in [2.45, 2.75) is 38.6 Å². The highest BCUT2D eigenvalue weighted by molar-refractivity contribution is 6.01. The zero-order chi connectivity index (χ0) is 26.6. The molecule has 3 aromatic carbocycles. The van der Waals surface area contributed by atoms with E-state index in [-0.39, 0.29) is 24.0 Å². The van der Waals surface area contributed by atoms with E-state index in [1.807, 2.05) is 48.5 Å². The first-order valence-electron chi connectivity index (χ1n) is 12.9. The van der Waals surface area contributed by atoms with Crippen molar-refractivity contribution < 1.29 is 24.2 Å². The molecular formula is C32H31NO5. The fourth-order valence-corrected chi connectivity index (χ4v) is 5.46. The molecule has 38 heavy (non-hydrogen) atoms. The quantitative estimate of drug-likeness (QED) is 0.262. The summed E-state index contributed by atoms with van der Waals surface area (Å²) >= 11 is 0. The lowest BCUT2D eigenvalue weighted by atomic mass is 9.86. The molecule has 0 aliphatic heterocycles. The lowest BCUT2D eigenvalue weighted by Crippen LogP contribution is -2.18. The first-order chi connectivity index (χ1) is 18.5. The van der Waals surface area contributed by atoms with Crippen LogP contribution in [0, 0.1) is 0 Å². The number of carbonyl (C=O) groups is 2. The predicted octanol–water partition coefficient (Wildman–Crippen LogP) is 6.46. The summed E-state index contributed by atoms with van der Waals surface area (Å²) in [6, 6.07) is 21.1. The number of methoxy groups -OCH3 is 1. The molecule has 1 aliphatic rings. The molecule has 1 aromatic heterocycles. The van der Waals surface area contributed by atoms with Crippen LogP contribution < -0.4 is 4.74 Å². The van der Waals surface area contributed by atoms with E-state index in [4.69, 9.17) is 9.47 Å². The minimum absolute atomic E-state index is 0.173. The first-order valence-corrected chi connectivity index (χ1v) is 12.9. The second kappa shape index (κ2) is 11.0. The number of rotatable bonds is 9. The van der Waals surface area contributed by atoms with E-state index < -0.39 is 5.97 Å². The largest absolute Gasteiger partial charge is 0.496 e. The highest BCUT2D eigenvalue weighted by Crippen LogP contribution is 2.41. The number of aromatic carboxylic acids is 1. The molecule has 1 N–H and O–H groups in total. The third-order valence-corrected chi connectivity index (χ3v) is 7.17. The van der Waals surface area contributed by atoms with Gasteiger partial charge < -0.3 is 19.1 Å². The van der Waals surface area contributed by atoms with Crippen LogP contribution in [0.5, 0.6) is 5.75 Å². The molecule has 6 heteroatoms. The number of allylic oxidation sites excluding steroid dienone is 1. The molecule has 5 rings (SSSR count). The Balaban J connectivity index is 1.69. The first kappa shape index (κ1) is 25.3. The van der Waals surface area contributed by atoms with Gasteiger partial charge in [-0.25, -0.2) is 4.79 Å². The van der Waals surface area contributed by atoms with Gasteiger partial charge >= 0.3 is 11.9 Å². The van der Waals surface area contributed by atoms with Gasteiger partial charge in [-0.05, 0) is 61.1 Å². The molecule has 1 heterocycles. The maximum absolute atomic E-state index is 12.7. The Morgan fingerprint density at radius 2 is 1.84 bits per heavy atom. The molecule has 0 saturated carbocycles. The number of hydrogen-bond acceptors (Lipinski definition) is 4. The minimum atomic E-state index is -0.988. The topological polar surface area (TPSA) is 77.8 Å². The molecule has 4 aromatic rings. The molecule has 6 nitrogen and oxygen atoms in total. The number of carboxylic acid groups (broad SMARTS) is 1. The Morgan fingerprint density at radius 1 is 1.03 bits per heavy atom. The third kappa shape index (κ3) is 4.94. The summed E-state index contributed by atoms with van der Waals surface area (Å²) in [4.78, 5) is 24.6. The Hall–Kier alpha value is -4.32. The van der Waals surface area contributed by atoms with Crippen LogP contribution in [0.4, 0.5) is 0 Å². The number of fused-ring (bicyclic) bond motifs is 2. The van der Waals surface area contributed by atoms with E-state index in [0.29, 0.717) is 13.0 Å². The van der Waals surface area contributed by atoms with Crippen molar-refractivity contribution in [1.29, 1.82) is 0 Å². The Bertz CT molecular complexity index is 1520. The maximum Gasteiger partial charge on any atom is 0.335 e. The maximum atomic E-state index is 12.7. The summed E-state index contributed by atoms with van der Waals surface area (Å²) in [7, 11) is 1.69. The lowest BCUT2D eigenvalue weighted by molar-refractivity contribution is -0.144. The highest BCUT2D eigenvalue weighted by atomic mass is 16.5. The van der Waals surface area contributed by atoms with E-state index in [9.17, 15) is 14.7 Å². The molecule has 1 atom stereocenters. The Morgan fingerprint density at radius 3 is 2.58 bits per heavy atom. The lowest BCUT2D eigenvalue weighted by Gasteiger charge is -2.21. The van der Waals surface area contributed by atoms with Crippen LogP contribution in [-0.2, 0) is 22.4 Å². The summed E-state index contributed by atoms with van der Waals surface area (Å²) in [5.41, 5.74) is 6.45. The monoisotopic (exact) mass is 509 g/mol. The second-order valence-electron chi connectivity index (χ2n) is 9.48. The van der Waals surface area contributed by atoms with Crippen molar-refractivity contribution in [2.24, 2.45) is 0 Å². The van der Waals surface area contributed by atoms with E-state index >= 15 is 0 Å². The summed E-state index contributed by atoms with van der Waals surface area (Å²) < 4.78 is 13.0. The zero-order valence-corrected chi connectivity index (χ0v) is 21.6. The number of ether oxygens (including phenoxy) is 2. The molecule has 0 radical (unpaired) electrons. The Kier molecular flexibility index (Phi) is 7.31. The van der Waals surface area contributed by atoms with Crippen molar-refractivity contribution in [3.8, 4) is 5.75 Å². The molecular weight excluding hydrogens is 478 g/mol. The fourth-order valence-electron chi connectivity index (χ4n) is 5.46. The number of aromatic nitrogens is 1. The standard InChI is InChI=1S/C32H31NO5/c1-3-38-31(34)19-23(17-21-9-5-4-6-10-21)33-20-28(26-16-15-22(32(35)36)18-29(26)33)25-11-7-13-27-24(25)12-8-14-30(27)37-2/h4-6,8-12,14-16,18,20,23H,3,7,13,17,19H2,1-2H3,(H,35,36). The van der Waals surface area contributed by atoms with Crippen LogP contribution in [-0.4, -0.2) is 35.3 Å². The van der Waals surface area contributed by atoms with Crippen LogP contribution in [0.3, 0.4) is 0 Å². The van der Waals surface area contributed by atoms with Crippen LogP contribution in [0.15, 0.2) is 79.0 Å². The van der Waals surface area contributed by atoms with Crippen LogP contribution in [0.1, 0.15) is 58.4 Å². The molecule has 194 valence electrons. The van der Waals surface area contributed by atoms with E-state index in [0.717, 1.165) is 51.8 Å². The average molecular weight is 510 g/mol. The van der Waals surface area contributed by atoms with Gasteiger partial charge in [0.25, 0.3) is 0 Å². The summed E-state index contributed by atoms with van der Waals surface area (Å²) in [6.45, 7) is 2.11. The SMILES string of the molecule is CCOC(=O)CC(Cc1ccccc1)n1cc(C2=CCCc3c(OC)cccc32)c2ccc(C(=O)O)cc21. The van der Waals surface area contributed by atoms with Gasteiger partial charge in [0, 0.05) is 34.3 Å². The van der Waals surface area contributed by atoms with Crippen molar-refractivity contribution in [3.63, 3.8) is 0 Å². The van der Waals surface area contributed by atoms with Gasteiger partial charge in [0.15, 0.2) is 0 Å². The number of nitrogens with zero attached hydrogens (tertiary/aromatic N) is 1. The van der Waals surface area contributed by atoms with Crippen LogP contribution >= 0.6 is 0 Å². The average Bonchev–Trinajstić information content (AvgIpc) is 3.31. The molecule has 0 amide bonds. The number of benzene rings is 3. The fraction of sp³-hybridized carbons (Fsp3) is 0.250. The normalized spacial score (nSPS) is 13.5. The predicted molar refractivity (Wildman–Crippen MR) is 148 cm³/mol. The van der Waals surface area contributed by atoms with Crippen molar-refractivity contribution in [1.82, 2.24) is 4.57 Å². The molecule has 0 spiro atoms. The molecule has 1 unspecified atom stereocenters. The second-order valence-corrected chi connectivity index (χ2v) is 9.48. The molecule has 0 saturated heterocycles. The molecule has 0 bridgehead atoms. The summed E-state index contributed by atoms with van der Waals surface area (Å²) in [5, 5.41) is 10.7. The summed E-state index contributed by atoms with van der Waals surface area (Å²) in [6.07, 6.45) is 6.85. The van der Waals surface area contributed by atoms with Gasteiger partial charge in [0.05, 0.1) is 25.7 Å². The van der Waals surface area contributed by atoms with Gasteiger partial charge in [-0.3, -0.25) is 4.79 Å². The van der Waals surface area contributed by atoms with E-state index in [1.54, 1.807) is 26.2 Å². The van der Waals surface area contributed by atoms with Gasteiger partial charge in [0.2, 0.25) is 0 Å². The van der Waals surface area contributed by atoms with Crippen LogP contribution in [0.2, 0.25) is 0 Å². The minimum Gasteiger partial charge on any atom is -0.496 e. The molecule has 1 aliphatic carbocycles. The van der Waals surface area contributed by atoms with Gasteiger partial charge in [-0.15, -0.1) is 0 Å².